The second kappa shape index (κ2) is 8.87. The Morgan fingerprint density at radius 3 is 2.33 bits per heavy atom. The van der Waals surface area contributed by atoms with Gasteiger partial charge >= 0.3 is 13.4 Å². The average Bonchev–Trinajstić information content (AvgIpc) is 3.75. The van der Waals surface area contributed by atoms with Crippen LogP contribution in [0.15, 0.2) is 42.5 Å². The van der Waals surface area contributed by atoms with E-state index >= 15 is 0 Å². The van der Waals surface area contributed by atoms with Gasteiger partial charge in [-0.05, 0) is 48.7 Å². The van der Waals surface area contributed by atoms with E-state index in [0.29, 0.717) is 16.9 Å². The third-order valence-corrected chi connectivity index (χ3v) is 8.58. The first-order chi connectivity index (χ1) is 15.9. The summed E-state index contributed by atoms with van der Waals surface area (Å²) in [7, 11) is -3.00. The van der Waals surface area contributed by atoms with Crippen molar-refractivity contribution >= 4 is 19.3 Å². The van der Waals surface area contributed by atoms with Crippen molar-refractivity contribution in [3.8, 4) is 11.5 Å². The maximum atomic E-state index is 13.1. The average molecular weight is 472 g/mol. The molecule has 0 bridgehead atoms. The van der Waals surface area contributed by atoms with Gasteiger partial charge in [0.15, 0.2) is 0 Å². The van der Waals surface area contributed by atoms with Crippen LogP contribution in [-0.2, 0) is 15.7 Å². The van der Waals surface area contributed by atoms with E-state index in [9.17, 15) is 19.5 Å². The largest absolute Gasteiger partial charge is 0.450 e. The van der Waals surface area contributed by atoms with E-state index in [1.807, 2.05) is 9.34 Å². The van der Waals surface area contributed by atoms with Crippen molar-refractivity contribution in [3.63, 3.8) is 0 Å². The van der Waals surface area contributed by atoms with Gasteiger partial charge < -0.3 is 14.2 Å². The predicted octanol–water partition coefficient (Wildman–Crippen LogP) is 3.88. The number of amides is 1. The van der Waals surface area contributed by atoms with Crippen LogP contribution in [-0.4, -0.2) is 64.3 Å². The Morgan fingerprint density at radius 2 is 1.70 bits per heavy atom. The van der Waals surface area contributed by atoms with Crippen molar-refractivity contribution in [3.05, 3.63) is 63.7 Å². The van der Waals surface area contributed by atoms with Crippen molar-refractivity contribution in [2.75, 3.05) is 39.3 Å². The summed E-state index contributed by atoms with van der Waals surface area (Å²) >= 11 is 0. The summed E-state index contributed by atoms with van der Waals surface area (Å²) in [6, 6.07) is 11.1. The van der Waals surface area contributed by atoms with Crippen molar-refractivity contribution in [1.82, 2.24) is 14.2 Å². The fourth-order valence-corrected chi connectivity index (χ4v) is 6.09. The Kier molecular flexibility index (Phi) is 5.92. The highest BCUT2D eigenvalue weighted by Gasteiger charge is 2.49. The molecular formula is C22H25N4O6P. The number of hydrogen-bond donors (Lipinski definition) is 0. The highest BCUT2D eigenvalue weighted by molar-refractivity contribution is 7.54. The second-order valence-electron chi connectivity index (χ2n) is 8.36. The van der Waals surface area contributed by atoms with Crippen LogP contribution in [0.5, 0.6) is 11.5 Å². The summed E-state index contributed by atoms with van der Waals surface area (Å²) in [5, 5.41) is 11.6. The summed E-state index contributed by atoms with van der Waals surface area (Å²) in [5.74, 6) is 0.302. The molecule has 1 amide bonds. The number of rotatable bonds is 9. The summed E-state index contributed by atoms with van der Waals surface area (Å²) < 4.78 is 28.4. The smallest absolute Gasteiger partial charge is 0.346 e. The van der Waals surface area contributed by atoms with E-state index in [1.54, 1.807) is 35.2 Å². The van der Waals surface area contributed by atoms with Gasteiger partial charge in [0.05, 0.1) is 11.5 Å². The van der Waals surface area contributed by atoms with Crippen LogP contribution in [0.2, 0.25) is 0 Å². The van der Waals surface area contributed by atoms with Gasteiger partial charge in [0.1, 0.15) is 5.75 Å². The molecule has 3 heterocycles. The molecule has 0 atom stereocenters. The van der Waals surface area contributed by atoms with Gasteiger partial charge in [-0.15, -0.1) is 0 Å². The summed E-state index contributed by atoms with van der Waals surface area (Å²) in [6.07, 6.45) is 1.98. The number of benzene rings is 2. The lowest BCUT2D eigenvalue weighted by Gasteiger charge is -2.20. The van der Waals surface area contributed by atoms with Crippen molar-refractivity contribution in [2.45, 2.75) is 19.4 Å². The first-order valence-corrected chi connectivity index (χ1v) is 12.6. The Labute approximate surface area is 191 Å². The predicted molar refractivity (Wildman–Crippen MR) is 120 cm³/mol. The van der Waals surface area contributed by atoms with Gasteiger partial charge in [0.2, 0.25) is 5.75 Å². The highest BCUT2D eigenvalue weighted by atomic mass is 31.2. The lowest BCUT2D eigenvalue weighted by atomic mass is 10.1. The molecule has 0 N–H and O–H groups in total. The first-order valence-electron chi connectivity index (χ1n) is 11.0. The third kappa shape index (κ3) is 4.79. The molecular weight excluding hydrogens is 447 g/mol. The molecule has 2 aromatic rings. The molecule has 174 valence electrons. The van der Waals surface area contributed by atoms with Gasteiger partial charge in [-0.1, -0.05) is 6.07 Å². The van der Waals surface area contributed by atoms with E-state index in [4.69, 9.17) is 9.26 Å². The topological polar surface area (TPSA) is 105 Å². The van der Waals surface area contributed by atoms with E-state index in [1.165, 1.54) is 12.1 Å². The molecule has 3 fully saturated rings. The molecule has 5 rings (SSSR count). The van der Waals surface area contributed by atoms with Crippen LogP contribution in [0.1, 0.15) is 28.8 Å². The number of carbonyl (C=O) groups is 1. The van der Waals surface area contributed by atoms with Crippen molar-refractivity contribution in [2.24, 2.45) is 0 Å². The SMILES string of the molecule is O=C(c1cccc(Oc2cc(COP(=O)(N3CC3)N3CC3)ccc2[N+](=O)[O-])c1)N1CCCC1. The Bertz CT molecular complexity index is 1110. The van der Waals surface area contributed by atoms with Gasteiger partial charge in [0, 0.05) is 50.9 Å². The quantitative estimate of drug-likeness (QED) is 0.234. The molecule has 3 aliphatic heterocycles. The summed E-state index contributed by atoms with van der Waals surface area (Å²) in [4.78, 5) is 25.5. The van der Waals surface area contributed by atoms with E-state index in [0.717, 1.165) is 52.1 Å². The zero-order valence-electron chi connectivity index (χ0n) is 18.1. The van der Waals surface area contributed by atoms with Gasteiger partial charge in [-0.2, -0.15) is 0 Å². The highest BCUT2D eigenvalue weighted by Crippen LogP contribution is 2.61. The first kappa shape index (κ1) is 22.0. The van der Waals surface area contributed by atoms with Gasteiger partial charge in [-0.3, -0.25) is 19.5 Å². The molecule has 0 aliphatic carbocycles. The van der Waals surface area contributed by atoms with Crippen LogP contribution < -0.4 is 4.74 Å². The van der Waals surface area contributed by atoms with Crippen LogP contribution in [0.25, 0.3) is 0 Å². The molecule has 33 heavy (non-hydrogen) atoms. The Hall–Kier alpha value is -2.78. The van der Waals surface area contributed by atoms with Gasteiger partial charge in [-0.25, -0.2) is 9.34 Å². The minimum Gasteiger partial charge on any atom is -0.450 e. The maximum Gasteiger partial charge on any atom is 0.346 e. The summed E-state index contributed by atoms with van der Waals surface area (Å²) in [5.41, 5.74) is 0.897. The lowest BCUT2D eigenvalue weighted by molar-refractivity contribution is -0.385. The van der Waals surface area contributed by atoms with Crippen molar-refractivity contribution in [1.29, 1.82) is 0 Å². The number of hydrogen-bond acceptors (Lipinski definition) is 6. The molecule has 0 spiro atoms. The van der Waals surface area contributed by atoms with Crippen molar-refractivity contribution < 1.29 is 23.5 Å². The molecule has 10 nitrogen and oxygen atoms in total. The number of nitro benzene ring substituents is 1. The lowest BCUT2D eigenvalue weighted by Crippen LogP contribution is -2.27. The molecule has 3 saturated heterocycles. The zero-order chi connectivity index (χ0) is 23.0. The van der Waals surface area contributed by atoms with Crippen LogP contribution in [0.4, 0.5) is 5.69 Å². The number of likely N-dealkylation sites (tertiary alicyclic amines) is 1. The van der Waals surface area contributed by atoms with E-state index in [-0.39, 0.29) is 24.0 Å². The maximum absolute atomic E-state index is 13.1. The molecule has 3 aliphatic rings. The molecule has 2 aromatic carbocycles. The number of nitrogens with zero attached hydrogens (tertiary/aromatic N) is 4. The third-order valence-electron chi connectivity index (χ3n) is 5.88. The fourth-order valence-electron chi connectivity index (χ4n) is 3.90. The van der Waals surface area contributed by atoms with Crippen LogP contribution in [0, 0.1) is 10.1 Å². The monoisotopic (exact) mass is 472 g/mol. The zero-order valence-corrected chi connectivity index (χ0v) is 19.0. The molecule has 0 aromatic heterocycles. The number of carbonyl (C=O) groups excluding carboxylic acids is 1. The van der Waals surface area contributed by atoms with E-state index in [2.05, 4.69) is 0 Å². The van der Waals surface area contributed by atoms with Crippen LogP contribution in [0.3, 0.4) is 0 Å². The number of ether oxygens (including phenoxy) is 1. The normalized spacial score (nSPS) is 18.4. The minimum atomic E-state index is -3.00. The standard InChI is InChI=1S/C22H25N4O6P/c27-22(23-8-1-2-9-23)18-4-3-5-19(15-18)32-21-14-17(6-7-20(21)26(28)29)16-31-33(30,24-10-11-24)25-12-13-25/h3-7,14-15H,1-2,8-13,16H2. The Balaban J connectivity index is 1.34. The fraction of sp³-hybridized carbons (Fsp3) is 0.409. The second-order valence-corrected chi connectivity index (χ2v) is 10.7. The molecule has 0 radical (unpaired) electrons. The van der Waals surface area contributed by atoms with E-state index < -0.39 is 12.6 Å². The molecule has 0 unspecified atom stereocenters. The summed E-state index contributed by atoms with van der Waals surface area (Å²) in [6.45, 7) is 4.49. The Morgan fingerprint density at radius 1 is 1.00 bits per heavy atom. The molecule has 11 heteroatoms. The molecule has 0 saturated carbocycles. The minimum absolute atomic E-state index is 0.0418. The number of nitro groups is 1. The van der Waals surface area contributed by atoms with Gasteiger partial charge in [0.25, 0.3) is 5.91 Å². The van der Waals surface area contributed by atoms with Crippen LogP contribution >= 0.6 is 7.67 Å².